The fourth-order valence-electron chi connectivity index (χ4n) is 1.72. The quantitative estimate of drug-likeness (QED) is 0.685. The first-order valence-corrected chi connectivity index (χ1v) is 6.46. The summed E-state index contributed by atoms with van der Waals surface area (Å²) in [6.07, 6.45) is 1.13. The molecule has 0 aliphatic heterocycles. The SMILES string of the molecule is CCOc1cc(CNCCCNC)ccc1OC.Cl.Cl. The molecule has 0 aliphatic carbocycles. The van der Waals surface area contributed by atoms with Gasteiger partial charge in [0.05, 0.1) is 13.7 Å². The number of ether oxygens (including phenoxy) is 2. The summed E-state index contributed by atoms with van der Waals surface area (Å²) in [6.45, 7) is 5.53. The number of methoxy groups -OCH3 is 1. The maximum Gasteiger partial charge on any atom is 0.161 e. The summed E-state index contributed by atoms with van der Waals surface area (Å²) in [5, 5.41) is 6.54. The Balaban J connectivity index is 0. The molecule has 0 fully saturated rings. The lowest BCUT2D eigenvalue weighted by Crippen LogP contribution is -2.19. The van der Waals surface area contributed by atoms with Gasteiger partial charge in [-0.25, -0.2) is 0 Å². The van der Waals surface area contributed by atoms with Gasteiger partial charge in [-0.3, -0.25) is 0 Å². The van der Waals surface area contributed by atoms with Crippen LogP contribution in [0.25, 0.3) is 0 Å². The van der Waals surface area contributed by atoms with Gasteiger partial charge < -0.3 is 20.1 Å². The lowest BCUT2D eigenvalue weighted by atomic mass is 10.2. The van der Waals surface area contributed by atoms with Crippen molar-refractivity contribution in [2.75, 3.05) is 33.9 Å². The largest absolute Gasteiger partial charge is 0.493 e. The van der Waals surface area contributed by atoms with E-state index in [1.807, 2.05) is 26.1 Å². The second-order valence-electron chi connectivity index (χ2n) is 4.05. The van der Waals surface area contributed by atoms with Crippen molar-refractivity contribution in [2.45, 2.75) is 19.9 Å². The Morgan fingerprint density at radius 2 is 1.85 bits per heavy atom. The number of halogens is 2. The minimum absolute atomic E-state index is 0. The van der Waals surface area contributed by atoms with Crippen molar-refractivity contribution in [1.29, 1.82) is 0 Å². The number of benzene rings is 1. The number of hydrogen-bond acceptors (Lipinski definition) is 4. The molecular weight excluding hydrogens is 299 g/mol. The van der Waals surface area contributed by atoms with E-state index < -0.39 is 0 Å². The van der Waals surface area contributed by atoms with Gasteiger partial charge in [0, 0.05) is 6.54 Å². The van der Waals surface area contributed by atoms with Crippen LogP contribution in [0.3, 0.4) is 0 Å². The Hall–Kier alpha value is -0.680. The Kier molecular flexibility index (Phi) is 14.4. The highest BCUT2D eigenvalue weighted by Gasteiger charge is 2.04. The van der Waals surface area contributed by atoms with Crippen molar-refractivity contribution >= 4 is 24.8 Å². The molecule has 0 aromatic heterocycles. The average Bonchev–Trinajstić information content (AvgIpc) is 2.39. The average molecular weight is 325 g/mol. The molecule has 0 unspecified atom stereocenters. The van der Waals surface area contributed by atoms with E-state index in [-0.39, 0.29) is 24.8 Å². The lowest BCUT2D eigenvalue weighted by Gasteiger charge is -2.11. The van der Waals surface area contributed by atoms with Gasteiger partial charge in [0.25, 0.3) is 0 Å². The monoisotopic (exact) mass is 324 g/mol. The molecule has 0 amide bonds. The van der Waals surface area contributed by atoms with Crippen LogP contribution in [-0.2, 0) is 6.54 Å². The zero-order valence-corrected chi connectivity index (χ0v) is 14.0. The molecule has 0 spiro atoms. The van der Waals surface area contributed by atoms with Crippen molar-refractivity contribution in [3.05, 3.63) is 23.8 Å². The van der Waals surface area contributed by atoms with Crippen LogP contribution in [0.15, 0.2) is 18.2 Å². The number of nitrogens with one attached hydrogen (secondary N) is 2. The van der Waals surface area contributed by atoms with E-state index in [2.05, 4.69) is 16.7 Å². The first kappa shape index (κ1) is 21.6. The maximum atomic E-state index is 5.55. The fourth-order valence-corrected chi connectivity index (χ4v) is 1.72. The van der Waals surface area contributed by atoms with Crippen molar-refractivity contribution in [3.63, 3.8) is 0 Å². The van der Waals surface area contributed by atoms with Crippen molar-refractivity contribution < 1.29 is 9.47 Å². The molecule has 20 heavy (non-hydrogen) atoms. The van der Waals surface area contributed by atoms with Crippen LogP contribution in [0.2, 0.25) is 0 Å². The molecule has 1 aromatic carbocycles. The van der Waals surface area contributed by atoms with Gasteiger partial charge in [0.2, 0.25) is 0 Å². The standard InChI is InChI=1S/C14H24N2O2.2ClH/c1-4-18-14-10-12(6-7-13(14)17-3)11-16-9-5-8-15-2;;/h6-7,10,15-16H,4-5,8-9,11H2,1-3H3;2*1H. The molecule has 2 N–H and O–H groups in total. The first-order chi connectivity index (χ1) is 8.81. The summed E-state index contributed by atoms with van der Waals surface area (Å²) in [7, 11) is 3.63. The molecule has 0 aliphatic rings. The number of rotatable bonds is 9. The molecule has 0 bridgehead atoms. The van der Waals surface area contributed by atoms with Crippen LogP contribution in [-0.4, -0.2) is 33.9 Å². The van der Waals surface area contributed by atoms with Gasteiger partial charge in [-0.05, 0) is 51.2 Å². The molecule has 118 valence electrons. The van der Waals surface area contributed by atoms with Crippen LogP contribution in [0.5, 0.6) is 11.5 Å². The summed E-state index contributed by atoms with van der Waals surface area (Å²) in [4.78, 5) is 0. The second kappa shape index (κ2) is 13.3. The molecule has 0 saturated heterocycles. The minimum Gasteiger partial charge on any atom is -0.493 e. The molecule has 1 rings (SSSR count). The number of hydrogen-bond donors (Lipinski definition) is 2. The predicted octanol–water partition coefficient (Wildman–Crippen LogP) is 2.64. The van der Waals surface area contributed by atoms with Crippen molar-refractivity contribution in [1.82, 2.24) is 10.6 Å². The zero-order chi connectivity index (χ0) is 13.2. The van der Waals surface area contributed by atoms with Crippen LogP contribution < -0.4 is 20.1 Å². The highest BCUT2D eigenvalue weighted by Crippen LogP contribution is 2.27. The van der Waals surface area contributed by atoms with Crippen molar-refractivity contribution in [2.24, 2.45) is 0 Å². The summed E-state index contributed by atoms with van der Waals surface area (Å²) in [5.41, 5.74) is 1.21. The van der Waals surface area contributed by atoms with Gasteiger partial charge in [0.15, 0.2) is 11.5 Å². The minimum atomic E-state index is 0. The Labute approximate surface area is 134 Å². The van der Waals surface area contributed by atoms with E-state index in [0.717, 1.165) is 37.6 Å². The van der Waals surface area contributed by atoms with Gasteiger partial charge in [0.1, 0.15) is 0 Å². The summed E-state index contributed by atoms with van der Waals surface area (Å²) < 4.78 is 10.8. The van der Waals surface area contributed by atoms with E-state index in [9.17, 15) is 0 Å². The molecule has 4 nitrogen and oxygen atoms in total. The molecule has 0 radical (unpaired) electrons. The van der Waals surface area contributed by atoms with Crippen LogP contribution in [0.4, 0.5) is 0 Å². The first-order valence-electron chi connectivity index (χ1n) is 6.46. The molecule has 1 aromatic rings. The fraction of sp³-hybridized carbons (Fsp3) is 0.571. The Morgan fingerprint density at radius 1 is 1.10 bits per heavy atom. The molecule has 0 saturated carbocycles. The van der Waals surface area contributed by atoms with E-state index >= 15 is 0 Å². The van der Waals surface area contributed by atoms with E-state index in [1.54, 1.807) is 7.11 Å². The van der Waals surface area contributed by atoms with Crippen LogP contribution >= 0.6 is 24.8 Å². The Morgan fingerprint density at radius 3 is 2.45 bits per heavy atom. The molecular formula is C14H26Cl2N2O2. The third-order valence-corrected chi connectivity index (χ3v) is 2.64. The Bertz CT molecular complexity index is 352. The predicted molar refractivity (Wildman–Crippen MR) is 88.9 cm³/mol. The molecule has 0 atom stereocenters. The van der Waals surface area contributed by atoms with Gasteiger partial charge in [-0.15, -0.1) is 24.8 Å². The third kappa shape index (κ3) is 7.80. The van der Waals surface area contributed by atoms with E-state index in [0.29, 0.717) is 6.61 Å². The highest BCUT2D eigenvalue weighted by molar-refractivity contribution is 5.85. The summed E-state index contributed by atoms with van der Waals surface area (Å²) in [5.74, 6) is 1.60. The zero-order valence-electron chi connectivity index (χ0n) is 12.4. The van der Waals surface area contributed by atoms with Crippen LogP contribution in [0, 0.1) is 0 Å². The van der Waals surface area contributed by atoms with E-state index in [4.69, 9.17) is 9.47 Å². The van der Waals surface area contributed by atoms with E-state index in [1.165, 1.54) is 5.56 Å². The molecule has 6 heteroatoms. The van der Waals surface area contributed by atoms with Crippen molar-refractivity contribution in [3.8, 4) is 11.5 Å². The lowest BCUT2D eigenvalue weighted by molar-refractivity contribution is 0.310. The normalized spacial score (nSPS) is 9.35. The highest BCUT2D eigenvalue weighted by atomic mass is 35.5. The second-order valence-corrected chi connectivity index (χ2v) is 4.05. The third-order valence-electron chi connectivity index (χ3n) is 2.64. The van der Waals surface area contributed by atoms with Gasteiger partial charge in [-0.2, -0.15) is 0 Å². The molecule has 0 heterocycles. The maximum absolute atomic E-state index is 5.55. The topological polar surface area (TPSA) is 42.5 Å². The summed E-state index contributed by atoms with van der Waals surface area (Å²) in [6, 6.07) is 6.05. The van der Waals surface area contributed by atoms with Gasteiger partial charge in [-0.1, -0.05) is 6.07 Å². The summed E-state index contributed by atoms with van der Waals surface area (Å²) >= 11 is 0. The van der Waals surface area contributed by atoms with Crippen LogP contribution in [0.1, 0.15) is 18.9 Å². The smallest absolute Gasteiger partial charge is 0.161 e. The van der Waals surface area contributed by atoms with Gasteiger partial charge >= 0.3 is 0 Å².